The Morgan fingerprint density at radius 2 is 1.61 bits per heavy atom. The van der Waals surface area contributed by atoms with Gasteiger partial charge in [-0.3, -0.25) is 24.0 Å². The number of carbonyl (C=O) groups is 5. The first-order chi connectivity index (χ1) is 30.9. The molecule has 0 radical (unpaired) electrons. The van der Waals surface area contributed by atoms with Crippen molar-refractivity contribution in [3.63, 3.8) is 0 Å². The van der Waals surface area contributed by atoms with Crippen molar-refractivity contribution in [1.29, 1.82) is 0 Å². The fourth-order valence-electron chi connectivity index (χ4n) is 9.40. The van der Waals surface area contributed by atoms with Gasteiger partial charge in [-0.15, -0.1) is 6.58 Å². The third kappa shape index (κ3) is 9.09. The van der Waals surface area contributed by atoms with Crippen LogP contribution in [0.15, 0.2) is 116 Å². The summed E-state index contributed by atoms with van der Waals surface area (Å²) in [5.74, 6) is -0.820. The number of hydrazine groups is 1. The zero-order chi connectivity index (χ0) is 45.1. The maximum Gasteiger partial charge on any atom is 0.256 e. The molecule has 5 aromatic rings. The van der Waals surface area contributed by atoms with E-state index < -0.39 is 12.2 Å². The number of benzene rings is 4. The van der Waals surface area contributed by atoms with Gasteiger partial charge in [-0.05, 0) is 72.4 Å². The molecule has 0 bridgehead atoms. The minimum absolute atomic E-state index is 0.0570. The molecule has 5 amide bonds. The van der Waals surface area contributed by atoms with Crippen LogP contribution in [0.5, 0.6) is 5.75 Å². The Morgan fingerprint density at radius 3 is 2.30 bits per heavy atom. The molecule has 3 fully saturated rings. The zero-order valence-electron chi connectivity index (χ0n) is 36.7. The normalized spacial score (nSPS) is 18.3. The summed E-state index contributed by atoms with van der Waals surface area (Å²) >= 11 is 0. The molecule has 14 nitrogen and oxygen atoms in total. The fraction of sp³-hybridized carbons (Fsp3) is 0.340. The van der Waals surface area contributed by atoms with E-state index in [4.69, 9.17) is 0 Å². The van der Waals surface area contributed by atoms with Crippen LogP contribution in [0.2, 0.25) is 0 Å². The van der Waals surface area contributed by atoms with Crippen LogP contribution in [0.1, 0.15) is 56.7 Å². The Balaban J connectivity index is 1.03. The summed E-state index contributed by atoms with van der Waals surface area (Å²) in [5.41, 5.74) is 5.56. The first-order valence-electron chi connectivity index (χ1n) is 21.9. The molecular formula is C50H56N8O6. The summed E-state index contributed by atoms with van der Waals surface area (Å²) in [6.07, 6.45) is 4.87. The lowest BCUT2D eigenvalue weighted by Gasteiger charge is -2.55. The molecule has 3 aliphatic rings. The minimum atomic E-state index is -0.924. The van der Waals surface area contributed by atoms with Gasteiger partial charge in [0.15, 0.2) is 0 Å². The standard InChI is InChI=1S/C50H56N8O6/c1-5-26-56-33-46(61)57-43(29-35-14-21-40(59)22-15-35)50(64)55(32-44(57)58(56)45(60)23-16-34-10-7-6-8-11-34)30-37-12-9-13-41-42(31-53(4)47(37)41)49(63)54-27-24-38(25-28-54)51-48(62)36-17-19-39(20-18-36)52(2)3/h5-15,17-22,31,38,43-44,59H,1,16,23-30,32-33H2,2-4H3,(H,51,62)/t43-,44-/m0/s1. The molecule has 332 valence electrons. The lowest BCUT2D eigenvalue weighted by Crippen LogP contribution is -2.75. The average molecular weight is 865 g/mol. The molecule has 2 N–H and O–H groups in total. The number of anilines is 1. The number of phenols is 1. The Hall–Kier alpha value is -6.93. The van der Waals surface area contributed by atoms with Crippen LogP contribution in [-0.2, 0) is 40.8 Å². The number of phenolic OH excluding ortho intramolecular Hbond substituents is 1. The Morgan fingerprint density at radius 1 is 0.891 bits per heavy atom. The molecule has 0 spiro atoms. The van der Waals surface area contributed by atoms with Crippen LogP contribution < -0.4 is 10.2 Å². The first-order valence-corrected chi connectivity index (χ1v) is 21.9. The summed E-state index contributed by atoms with van der Waals surface area (Å²) in [6, 6.07) is 28.6. The van der Waals surface area contributed by atoms with Crippen molar-refractivity contribution in [3.8, 4) is 5.75 Å². The van der Waals surface area contributed by atoms with Crippen molar-refractivity contribution < 1.29 is 29.1 Å². The molecule has 0 saturated carbocycles. The van der Waals surface area contributed by atoms with Gasteiger partial charge in [-0.2, -0.15) is 0 Å². The average Bonchev–Trinajstić information content (AvgIpc) is 3.64. The second kappa shape index (κ2) is 18.8. The number of aromatic hydroxyl groups is 1. The largest absolute Gasteiger partial charge is 0.508 e. The molecular weight excluding hydrogens is 809 g/mol. The zero-order valence-corrected chi connectivity index (χ0v) is 36.7. The van der Waals surface area contributed by atoms with Gasteiger partial charge < -0.3 is 34.6 Å². The van der Waals surface area contributed by atoms with Gasteiger partial charge in [0.2, 0.25) is 17.7 Å². The minimum Gasteiger partial charge on any atom is -0.508 e. The van der Waals surface area contributed by atoms with E-state index >= 15 is 0 Å². The van der Waals surface area contributed by atoms with Crippen LogP contribution in [0.25, 0.3) is 10.9 Å². The first kappa shape index (κ1) is 43.7. The third-order valence-corrected chi connectivity index (χ3v) is 12.7. The highest BCUT2D eigenvalue weighted by Gasteiger charge is 2.51. The molecule has 4 aromatic carbocycles. The lowest BCUT2D eigenvalue weighted by molar-refractivity contribution is -0.205. The third-order valence-electron chi connectivity index (χ3n) is 12.7. The summed E-state index contributed by atoms with van der Waals surface area (Å²) in [7, 11) is 5.80. The number of amides is 5. The number of aromatic nitrogens is 1. The van der Waals surface area contributed by atoms with E-state index in [0.29, 0.717) is 43.5 Å². The molecule has 0 aliphatic carbocycles. The molecule has 2 atom stereocenters. The van der Waals surface area contributed by atoms with E-state index in [1.54, 1.807) is 50.2 Å². The van der Waals surface area contributed by atoms with E-state index in [1.165, 1.54) is 0 Å². The number of nitrogens with zero attached hydrogens (tertiary/aromatic N) is 7. The van der Waals surface area contributed by atoms with Gasteiger partial charge in [0.1, 0.15) is 18.0 Å². The van der Waals surface area contributed by atoms with Gasteiger partial charge in [0.05, 0.1) is 24.2 Å². The number of nitrogens with one attached hydrogen (secondary N) is 1. The van der Waals surface area contributed by atoms with Crippen molar-refractivity contribution >= 4 is 46.1 Å². The Labute approximate surface area is 373 Å². The predicted octanol–water partition coefficient (Wildman–Crippen LogP) is 4.97. The van der Waals surface area contributed by atoms with Crippen LogP contribution in [-0.4, -0.2) is 129 Å². The second-order valence-corrected chi connectivity index (χ2v) is 17.2. The number of rotatable bonds is 13. The maximum absolute atomic E-state index is 14.8. The van der Waals surface area contributed by atoms with E-state index in [0.717, 1.165) is 33.3 Å². The quantitative estimate of drug-likeness (QED) is 0.158. The van der Waals surface area contributed by atoms with Gasteiger partial charge in [-0.1, -0.05) is 66.7 Å². The maximum atomic E-state index is 14.8. The van der Waals surface area contributed by atoms with Crippen molar-refractivity contribution in [3.05, 3.63) is 144 Å². The van der Waals surface area contributed by atoms with Crippen LogP contribution >= 0.6 is 0 Å². The van der Waals surface area contributed by atoms with Crippen LogP contribution in [0, 0.1) is 0 Å². The number of carbonyl (C=O) groups excluding carboxylic acids is 5. The summed E-state index contributed by atoms with van der Waals surface area (Å²) in [4.78, 5) is 77.7. The lowest BCUT2D eigenvalue weighted by atomic mass is 9.97. The van der Waals surface area contributed by atoms with Crippen molar-refractivity contribution in [2.75, 3.05) is 51.7 Å². The number of likely N-dealkylation sites (tertiary alicyclic amines) is 1. The molecule has 0 unspecified atom stereocenters. The highest BCUT2D eigenvalue weighted by molar-refractivity contribution is 6.08. The SMILES string of the molecule is C=CCN1CC(=O)N2[C@@H](Cc3ccc(O)cc3)C(=O)N(Cc3cccc4c(C(=O)N5CCC(NC(=O)c6ccc(N(C)C)cc6)CC5)cn(C)c34)C[C@@H]2N1C(=O)CCc1ccccc1. The number of piperazine rings is 1. The van der Waals surface area contributed by atoms with Crippen LogP contribution in [0.4, 0.5) is 5.69 Å². The van der Waals surface area contributed by atoms with Crippen LogP contribution in [0.3, 0.4) is 0 Å². The highest BCUT2D eigenvalue weighted by Crippen LogP contribution is 2.33. The molecule has 14 heteroatoms. The summed E-state index contributed by atoms with van der Waals surface area (Å²) in [6.45, 7) is 5.31. The summed E-state index contributed by atoms with van der Waals surface area (Å²) in [5, 5.41) is 17.3. The molecule has 4 heterocycles. The van der Waals surface area contributed by atoms with Gasteiger partial charge in [-0.25, -0.2) is 10.0 Å². The second-order valence-electron chi connectivity index (χ2n) is 17.2. The van der Waals surface area contributed by atoms with Crippen molar-refractivity contribution in [2.24, 2.45) is 7.05 Å². The molecule has 1 aromatic heterocycles. The topological polar surface area (TPSA) is 142 Å². The molecule has 3 aliphatic heterocycles. The van der Waals surface area contributed by atoms with E-state index in [2.05, 4.69) is 11.9 Å². The molecule has 8 rings (SSSR count). The highest BCUT2D eigenvalue weighted by atomic mass is 16.3. The smallest absolute Gasteiger partial charge is 0.256 e. The Kier molecular flexibility index (Phi) is 12.8. The monoisotopic (exact) mass is 864 g/mol. The van der Waals surface area contributed by atoms with E-state index in [-0.39, 0.29) is 80.3 Å². The van der Waals surface area contributed by atoms with E-state index in [1.807, 2.05) is 115 Å². The van der Waals surface area contributed by atoms with Crippen molar-refractivity contribution in [1.82, 2.24) is 34.6 Å². The number of fused-ring (bicyclic) bond motifs is 2. The number of hydrogen-bond acceptors (Lipinski definition) is 8. The fourth-order valence-corrected chi connectivity index (χ4v) is 9.40. The van der Waals surface area contributed by atoms with E-state index in [9.17, 15) is 29.1 Å². The van der Waals surface area contributed by atoms with Gasteiger partial charge in [0, 0.05) is 89.0 Å². The number of piperidine rings is 1. The number of aryl methyl sites for hydroxylation is 2. The number of para-hydroxylation sites is 1. The predicted molar refractivity (Wildman–Crippen MR) is 245 cm³/mol. The van der Waals surface area contributed by atoms with Gasteiger partial charge >= 0.3 is 0 Å². The van der Waals surface area contributed by atoms with Gasteiger partial charge in [0.25, 0.3) is 11.8 Å². The molecule has 64 heavy (non-hydrogen) atoms. The Bertz CT molecular complexity index is 2530. The number of hydrogen-bond donors (Lipinski definition) is 2. The summed E-state index contributed by atoms with van der Waals surface area (Å²) < 4.78 is 1.93. The molecule has 3 saturated heterocycles. The van der Waals surface area contributed by atoms with Crippen molar-refractivity contribution in [2.45, 2.75) is 56.9 Å².